The molecule has 1 aliphatic rings. The van der Waals surface area contributed by atoms with Crippen LogP contribution in [0.1, 0.15) is 24.9 Å². The smallest absolute Gasteiger partial charge is 0.407 e. The standard InChI is InChI=1S/C12H15NO3/c1-2-15-10-5-3-4-9(8-10)11-6-7-16-12(14)13-11/h3-5,8,11H,2,6-7H2,1H3,(H,13,14)/t11-/m0/s1. The fraction of sp³-hybridized carbons (Fsp3) is 0.417. The first kappa shape index (κ1) is 10.8. The molecule has 1 atom stereocenters. The van der Waals surface area contributed by atoms with Crippen LogP contribution in [0, 0.1) is 0 Å². The van der Waals surface area contributed by atoms with Crippen LogP contribution in [0.4, 0.5) is 4.79 Å². The second-order valence-electron chi connectivity index (χ2n) is 3.63. The second-order valence-corrected chi connectivity index (χ2v) is 3.63. The van der Waals surface area contributed by atoms with E-state index in [9.17, 15) is 4.79 Å². The molecule has 0 aliphatic carbocycles. The molecule has 0 unspecified atom stereocenters. The van der Waals surface area contributed by atoms with Crippen molar-refractivity contribution >= 4 is 6.09 Å². The summed E-state index contributed by atoms with van der Waals surface area (Å²) in [7, 11) is 0. The molecule has 1 aromatic carbocycles. The first-order valence-electron chi connectivity index (χ1n) is 5.45. The Morgan fingerprint density at radius 3 is 3.19 bits per heavy atom. The number of hydrogen-bond donors (Lipinski definition) is 1. The van der Waals surface area contributed by atoms with E-state index in [0.29, 0.717) is 13.2 Å². The highest BCUT2D eigenvalue weighted by Gasteiger charge is 2.20. The number of carbonyl (C=O) groups excluding carboxylic acids is 1. The summed E-state index contributed by atoms with van der Waals surface area (Å²) in [6.45, 7) is 3.06. The largest absolute Gasteiger partial charge is 0.494 e. The van der Waals surface area contributed by atoms with E-state index in [0.717, 1.165) is 17.7 Å². The van der Waals surface area contributed by atoms with Crippen molar-refractivity contribution in [2.45, 2.75) is 19.4 Å². The van der Waals surface area contributed by atoms with Crippen molar-refractivity contribution in [2.24, 2.45) is 0 Å². The van der Waals surface area contributed by atoms with Gasteiger partial charge in [0.05, 0.1) is 19.3 Å². The first-order chi connectivity index (χ1) is 7.79. The highest BCUT2D eigenvalue weighted by Crippen LogP contribution is 2.23. The van der Waals surface area contributed by atoms with E-state index < -0.39 is 0 Å². The van der Waals surface area contributed by atoms with Crippen molar-refractivity contribution in [3.05, 3.63) is 29.8 Å². The van der Waals surface area contributed by atoms with Crippen molar-refractivity contribution in [3.63, 3.8) is 0 Å². The minimum Gasteiger partial charge on any atom is -0.494 e. The third-order valence-corrected chi connectivity index (χ3v) is 2.50. The molecule has 0 saturated carbocycles. The zero-order valence-electron chi connectivity index (χ0n) is 9.23. The quantitative estimate of drug-likeness (QED) is 0.851. The zero-order valence-corrected chi connectivity index (χ0v) is 9.23. The molecule has 0 radical (unpaired) electrons. The Bertz CT molecular complexity index is 378. The van der Waals surface area contributed by atoms with Crippen molar-refractivity contribution < 1.29 is 14.3 Å². The first-order valence-corrected chi connectivity index (χ1v) is 5.45. The summed E-state index contributed by atoms with van der Waals surface area (Å²) >= 11 is 0. The molecule has 0 spiro atoms. The predicted octanol–water partition coefficient (Wildman–Crippen LogP) is 2.26. The van der Waals surface area contributed by atoms with E-state index in [-0.39, 0.29) is 12.1 Å². The van der Waals surface area contributed by atoms with Gasteiger partial charge >= 0.3 is 6.09 Å². The zero-order chi connectivity index (χ0) is 11.4. The number of cyclic esters (lactones) is 1. The molecule has 1 heterocycles. The molecule has 1 N–H and O–H groups in total. The highest BCUT2D eigenvalue weighted by molar-refractivity contribution is 5.68. The lowest BCUT2D eigenvalue weighted by Gasteiger charge is -2.23. The molecular weight excluding hydrogens is 206 g/mol. The Labute approximate surface area is 94.6 Å². The number of rotatable bonds is 3. The molecular formula is C12H15NO3. The SMILES string of the molecule is CCOc1cccc([C@@H]2CCOC(=O)N2)c1. The lowest BCUT2D eigenvalue weighted by Crippen LogP contribution is -2.35. The number of carbonyl (C=O) groups is 1. The van der Waals surface area contributed by atoms with Crippen molar-refractivity contribution in [3.8, 4) is 5.75 Å². The van der Waals surface area contributed by atoms with Gasteiger partial charge in [-0.05, 0) is 24.6 Å². The molecule has 2 rings (SSSR count). The third kappa shape index (κ3) is 2.45. The lowest BCUT2D eigenvalue weighted by molar-refractivity contribution is 0.115. The van der Waals surface area contributed by atoms with Gasteiger partial charge in [0.1, 0.15) is 5.75 Å². The van der Waals surface area contributed by atoms with E-state index in [1.807, 2.05) is 31.2 Å². The van der Waals surface area contributed by atoms with Crippen LogP contribution in [-0.4, -0.2) is 19.3 Å². The van der Waals surface area contributed by atoms with Gasteiger partial charge in [-0.25, -0.2) is 4.79 Å². The number of hydrogen-bond acceptors (Lipinski definition) is 3. The highest BCUT2D eigenvalue weighted by atomic mass is 16.5. The molecule has 1 aromatic rings. The monoisotopic (exact) mass is 221 g/mol. The summed E-state index contributed by atoms with van der Waals surface area (Å²) in [5, 5.41) is 2.79. The van der Waals surface area contributed by atoms with Gasteiger partial charge in [0.15, 0.2) is 0 Å². The maximum absolute atomic E-state index is 11.1. The molecule has 1 fully saturated rings. The Hall–Kier alpha value is -1.71. The molecule has 1 amide bonds. The van der Waals surface area contributed by atoms with Crippen molar-refractivity contribution in [2.75, 3.05) is 13.2 Å². The fourth-order valence-electron chi connectivity index (χ4n) is 1.76. The number of ether oxygens (including phenoxy) is 2. The van der Waals surface area contributed by atoms with Gasteiger partial charge in [0.25, 0.3) is 0 Å². The van der Waals surface area contributed by atoms with Crippen LogP contribution >= 0.6 is 0 Å². The molecule has 4 heteroatoms. The number of alkyl carbamates (subject to hydrolysis) is 1. The van der Waals surface area contributed by atoms with Crippen LogP contribution in [0.25, 0.3) is 0 Å². The maximum Gasteiger partial charge on any atom is 0.407 e. The molecule has 1 saturated heterocycles. The molecule has 4 nitrogen and oxygen atoms in total. The molecule has 16 heavy (non-hydrogen) atoms. The Morgan fingerprint density at radius 1 is 1.56 bits per heavy atom. The molecule has 86 valence electrons. The summed E-state index contributed by atoms with van der Waals surface area (Å²) < 4.78 is 10.2. The summed E-state index contributed by atoms with van der Waals surface area (Å²) in [5.41, 5.74) is 1.06. The van der Waals surface area contributed by atoms with Crippen LogP contribution in [0.5, 0.6) is 5.75 Å². The van der Waals surface area contributed by atoms with Gasteiger partial charge in [-0.1, -0.05) is 12.1 Å². The average molecular weight is 221 g/mol. The van der Waals surface area contributed by atoms with Gasteiger partial charge in [0, 0.05) is 6.42 Å². The van der Waals surface area contributed by atoms with E-state index >= 15 is 0 Å². The summed E-state index contributed by atoms with van der Waals surface area (Å²) in [6.07, 6.45) is 0.444. The summed E-state index contributed by atoms with van der Waals surface area (Å²) in [6, 6.07) is 7.82. The summed E-state index contributed by atoms with van der Waals surface area (Å²) in [4.78, 5) is 11.1. The molecule has 0 bridgehead atoms. The van der Waals surface area contributed by atoms with Crippen LogP contribution in [0.2, 0.25) is 0 Å². The van der Waals surface area contributed by atoms with E-state index in [4.69, 9.17) is 9.47 Å². The topological polar surface area (TPSA) is 47.6 Å². The van der Waals surface area contributed by atoms with Gasteiger partial charge in [-0.3, -0.25) is 0 Å². The van der Waals surface area contributed by atoms with E-state index in [1.165, 1.54) is 0 Å². The maximum atomic E-state index is 11.1. The van der Waals surface area contributed by atoms with Gasteiger partial charge in [-0.2, -0.15) is 0 Å². The molecule has 1 aliphatic heterocycles. The number of nitrogens with one attached hydrogen (secondary N) is 1. The Balaban J connectivity index is 2.12. The normalized spacial score (nSPS) is 19.8. The fourth-order valence-corrected chi connectivity index (χ4v) is 1.76. The Morgan fingerprint density at radius 2 is 2.44 bits per heavy atom. The number of amides is 1. The van der Waals surface area contributed by atoms with E-state index in [1.54, 1.807) is 0 Å². The third-order valence-electron chi connectivity index (χ3n) is 2.50. The van der Waals surface area contributed by atoms with Crippen LogP contribution in [-0.2, 0) is 4.74 Å². The van der Waals surface area contributed by atoms with Gasteiger partial charge in [0.2, 0.25) is 0 Å². The average Bonchev–Trinajstić information content (AvgIpc) is 2.30. The lowest BCUT2D eigenvalue weighted by atomic mass is 10.0. The Kier molecular flexibility index (Phi) is 3.29. The van der Waals surface area contributed by atoms with E-state index in [2.05, 4.69) is 5.32 Å². The van der Waals surface area contributed by atoms with Crippen LogP contribution in [0.3, 0.4) is 0 Å². The minimum atomic E-state index is -0.349. The van der Waals surface area contributed by atoms with Gasteiger partial charge < -0.3 is 14.8 Å². The summed E-state index contributed by atoms with van der Waals surface area (Å²) in [5.74, 6) is 0.834. The van der Waals surface area contributed by atoms with Crippen molar-refractivity contribution in [1.82, 2.24) is 5.32 Å². The van der Waals surface area contributed by atoms with Gasteiger partial charge in [-0.15, -0.1) is 0 Å². The minimum absolute atomic E-state index is 0.0293. The van der Waals surface area contributed by atoms with Crippen LogP contribution in [0.15, 0.2) is 24.3 Å². The number of benzene rings is 1. The molecule has 0 aromatic heterocycles. The second kappa shape index (κ2) is 4.88. The van der Waals surface area contributed by atoms with Crippen LogP contribution < -0.4 is 10.1 Å². The predicted molar refractivity (Wildman–Crippen MR) is 59.5 cm³/mol. The van der Waals surface area contributed by atoms with Crippen molar-refractivity contribution in [1.29, 1.82) is 0 Å².